The van der Waals surface area contributed by atoms with Gasteiger partial charge >= 0.3 is 5.97 Å². The number of para-hydroxylation sites is 1. The molecule has 1 aliphatic rings. The van der Waals surface area contributed by atoms with Crippen LogP contribution in [-0.2, 0) is 26.8 Å². The van der Waals surface area contributed by atoms with Crippen LogP contribution in [0.5, 0.6) is 5.75 Å². The molecule has 1 saturated heterocycles. The number of nitrogens with zero attached hydrogens (tertiary/aromatic N) is 1. The van der Waals surface area contributed by atoms with E-state index >= 15 is 0 Å². The number of aliphatic carboxylic acids is 1. The molecule has 7 nitrogen and oxygen atoms in total. The van der Waals surface area contributed by atoms with E-state index in [4.69, 9.17) is 15.6 Å². The number of halogens is 1. The molecule has 0 saturated carbocycles. The van der Waals surface area contributed by atoms with E-state index in [0.29, 0.717) is 16.9 Å². The van der Waals surface area contributed by atoms with Crippen LogP contribution >= 0.6 is 0 Å². The summed E-state index contributed by atoms with van der Waals surface area (Å²) < 4.78 is 48.0. The summed E-state index contributed by atoms with van der Waals surface area (Å²) in [5.41, 5.74) is 5.59. The first-order valence-corrected chi connectivity index (χ1v) is 11.7. The first-order chi connectivity index (χ1) is 15.7. The van der Waals surface area contributed by atoms with Crippen molar-refractivity contribution in [2.45, 2.75) is 23.0 Å². The van der Waals surface area contributed by atoms with Crippen LogP contribution in [0.25, 0.3) is 0 Å². The standard InChI is InChI=1S/C24H23FN2O5S/c25-19-8-5-7-18(14-19)24(32-20-9-2-1-3-10-20)15-27(16-24)33(30,31)21-11-4-6-17(12-21)13-22(26)23(28)29/h1-12,14,22H,13,15-16,26H2,(H,28,29). The largest absolute Gasteiger partial charge is 0.480 e. The van der Waals surface area contributed by atoms with Gasteiger partial charge in [0.05, 0.1) is 18.0 Å². The molecule has 0 bridgehead atoms. The summed E-state index contributed by atoms with van der Waals surface area (Å²) >= 11 is 0. The third kappa shape index (κ3) is 4.75. The zero-order chi connectivity index (χ0) is 23.6. The van der Waals surface area contributed by atoms with Gasteiger partial charge in [0, 0.05) is 5.56 Å². The smallest absolute Gasteiger partial charge is 0.320 e. The van der Waals surface area contributed by atoms with Gasteiger partial charge in [-0.15, -0.1) is 0 Å². The Labute approximate surface area is 191 Å². The highest BCUT2D eigenvalue weighted by atomic mass is 32.2. The van der Waals surface area contributed by atoms with Gasteiger partial charge in [0.2, 0.25) is 10.0 Å². The average molecular weight is 471 g/mol. The van der Waals surface area contributed by atoms with Gasteiger partial charge in [-0.1, -0.05) is 42.5 Å². The molecular formula is C24H23FN2O5S. The van der Waals surface area contributed by atoms with Gasteiger partial charge in [-0.25, -0.2) is 12.8 Å². The summed E-state index contributed by atoms with van der Waals surface area (Å²) in [6, 6.07) is 19.8. The van der Waals surface area contributed by atoms with Gasteiger partial charge in [0.1, 0.15) is 17.6 Å². The molecule has 0 amide bonds. The third-order valence-electron chi connectivity index (χ3n) is 5.58. The van der Waals surface area contributed by atoms with E-state index in [1.165, 1.54) is 28.6 Å². The van der Waals surface area contributed by atoms with Gasteiger partial charge in [-0.3, -0.25) is 4.79 Å². The zero-order valence-electron chi connectivity index (χ0n) is 17.6. The number of rotatable bonds is 8. The molecule has 0 aliphatic carbocycles. The molecule has 3 aromatic carbocycles. The maximum absolute atomic E-state index is 14.0. The molecule has 33 heavy (non-hydrogen) atoms. The summed E-state index contributed by atoms with van der Waals surface area (Å²) in [4.78, 5) is 11.1. The Balaban J connectivity index is 1.60. The van der Waals surface area contributed by atoms with Crippen molar-refractivity contribution in [1.82, 2.24) is 4.31 Å². The van der Waals surface area contributed by atoms with Crippen LogP contribution in [0.4, 0.5) is 4.39 Å². The van der Waals surface area contributed by atoms with Crippen molar-refractivity contribution in [2.24, 2.45) is 5.73 Å². The van der Waals surface area contributed by atoms with Crippen molar-refractivity contribution in [3.8, 4) is 5.75 Å². The molecule has 0 spiro atoms. The first-order valence-electron chi connectivity index (χ1n) is 10.3. The number of sulfonamides is 1. The van der Waals surface area contributed by atoms with Crippen molar-refractivity contribution in [3.05, 3.63) is 95.8 Å². The predicted molar refractivity (Wildman–Crippen MR) is 120 cm³/mol. The molecule has 9 heteroatoms. The third-order valence-corrected chi connectivity index (χ3v) is 7.37. The highest BCUT2D eigenvalue weighted by Gasteiger charge is 2.52. The molecule has 3 aromatic rings. The molecule has 1 heterocycles. The number of carbonyl (C=O) groups is 1. The van der Waals surface area contributed by atoms with Crippen LogP contribution in [0.15, 0.2) is 83.8 Å². The van der Waals surface area contributed by atoms with E-state index in [9.17, 15) is 17.6 Å². The van der Waals surface area contributed by atoms with Crippen molar-refractivity contribution >= 4 is 16.0 Å². The van der Waals surface area contributed by atoms with Crippen LogP contribution in [0, 0.1) is 5.82 Å². The van der Waals surface area contributed by atoms with Gasteiger partial charge in [-0.05, 0) is 48.4 Å². The SMILES string of the molecule is NC(Cc1cccc(S(=O)(=O)N2CC(Oc3ccccc3)(c3cccc(F)c3)C2)c1)C(=O)O. The molecule has 1 atom stereocenters. The number of hydrogen-bond acceptors (Lipinski definition) is 5. The Kier molecular flexibility index (Phi) is 6.20. The zero-order valence-corrected chi connectivity index (χ0v) is 18.4. The van der Waals surface area contributed by atoms with E-state index < -0.39 is 33.5 Å². The van der Waals surface area contributed by atoms with Crippen molar-refractivity contribution < 1.29 is 27.4 Å². The topological polar surface area (TPSA) is 110 Å². The minimum atomic E-state index is -3.89. The second kappa shape index (κ2) is 8.93. The van der Waals surface area contributed by atoms with Crippen LogP contribution < -0.4 is 10.5 Å². The van der Waals surface area contributed by atoms with E-state index in [-0.39, 0.29) is 24.4 Å². The Morgan fingerprint density at radius 2 is 1.76 bits per heavy atom. The van der Waals surface area contributed by atoms with Crippen molar-refractivity contribution in [3.63, 3.8) is 0 Å². The maximum atomic E-state index is 14.0. The molecule has 1 fully saturated rings. The Hall–Kier alpha value is -3.27. The summed E-state index contributed by atoms with van der Waals surface area (Å²) in [6.45, 7) is -0.0148. The number of nitrogens with two attached hydrogens (primary N) is 1. The number of carboxylic acid groups (broad SMARTS) is 1. The lowest BCUT2D eigenvalue weighted by atomic mass is 9.87. The second-order valence-electron chi connectivity index (χ2n) is 7.99. The maximum Gasteiger partial charge on any atom is 0.320 e. The predicted octanol–water partition coefficient (Wildman–Crippen LogP) is 2.76. The first kappa shape index (κ1) is 22.9. The summed E-state index contributed by atoms with van der Waals surface area (Å²) in [6.07, 6.45) is 0.00302. The molecule has 4 rings (SSSR count). The lowest BCUT2D eigenvalue weighted by molar-refractivity contribution is -0.138. The van der Waals surface area contributed by atoms with Gasteiger partial charge in [0.15, 0.2) is 5.60 Å². The summed E-state index contributed by atoms with van der Waals surface area (Å²) in [7, 11) is -3.89. The highest BCUT2D eigenvalue weighted by molar-refractivity contribution is 7.89. The van der Waals surface area contributed by atoms with E-state index in [1.54, 1.807) is 48.5 Å². The molecule has 1 unspecified atom stereocenters. The Morgan fingerprint density at radius 1 is 1.06 bits per heavy atom. The van der Waals surface area contributed by atoms with Gasteiger partial charge in [-0.2, -0.15) is 4.31 Å². The van der Waals surface area contributed by atoms with E-state index in [1.807, 2.05) is 6.07 Å². The van der Waals surface area contributed by atoms with Crippen molar-refractivity contribution in [1.29, 1.82) is 0 Å². The average Bonchev–Trinajstić information content (AvgIpc) is 2.76. The highest BCUT2D eigenvalue weighted by Crippen LogP contribution is 2.40. The fraction of sp³-hybridized carbons (Fsp3) is 0.208. The number of carboxylic acids is 1. The van der Waals surface area contributed by atoms with E-state index in [0.717, 1.165) is 0 Å². The number of benzene rings is 3. The lowest BCUT2D eigenvalue weighted by Crippen LogP contribution is -2.64. The van der Waals surface area contributed by atoms with Gasteiger partial charge < -0.3 is 15.6 Å². The fourth-order valence-electron chi connectivity index (χ4n) is 3.81. The van der Waals surface area contributed by atoms with Crippen LogP contribution in [0.1, 0.15) is 11.1 Å². The second-order valence-corrected chi connectivity index (χ2v) is 9.93. The summed E-state index contributed by atoms with van der Waals surface area (Å²) in [5, 5.41) is 9.02. The molecule has 3 N–H and O–H groups in total. The molecule has 0 aromatic heterocycles. The van der Waals surface area contributed by atoms with Crippen LogP contribution in [0.3, 0.4) is 0 Å². The molecular weight excluding hydrogens is 447 g/mol. The minimum absolute atomic E-state index is 0.00302. The summed E-state index contributed by atoms with van der Waals surface area (Å²) in [5.74, 6) is -1.06. The normalized spacial score (nSPS) is 16.5. The van der Waals surface area contributed by atoms with Crippen LogP contribution in [0.2, 0.25) is 0 Å². The fourth-order valence-corrected chi connectivity index (χ4v) is 5.41. The molecule has 1 aliphatic heterocycles. The number of ether oxygens (including phenoxy) is 1. The Morgan fingerprint density at radius 3 is 2.42 bits per heavy atom. The van der Waals surface area contributed by atoms with E-state index in [2.05, 4.69) is 0 Å². The molecule has 0 radical (unpaired) electrons. The van der Waals surface area contributed by atoms with Crippen LogP contribution in [-0.4, -0.2) is 42.9 Å². The Bertz CT molecular complexity index is 1260. The monoisotopic (exact) mass is 470 g/mol. The number of hydrogen-bond donors (Lipinski definition) is 2. The lowest BCUT2D eigenvalue weighted by Gasteiger charge is -2.48. The van der Waals surface area contributed by atoms with Crippen molar-refractivity contribution in [2.75, 3.05) is 13.1 Å². The van der Waals surface area contributed by atoms with Gasteiger partial charge in [0.25, 0.3) is 0 Å². The minimum Gasteiger partial charge on any atom is -0.480 e. The molecule has 172 valence electrons. The quantitative estimate of drug-likeness (QED) is 0.524.